The molecule has 110 valence electrons. The van der Waals surface area contributed by atoms with Crippen LogP contribution in [0.15, 0.2) is 46.9 Å². The molecule has 0 aromatic heterocycles. The summed E-state index contributed by atoms with van der Waals surface area (Å²) in [7, 11) is 0. The Morgan fingerprint density at radius 2 is 1.81 bits per heavy atom. The first-order chi connectivity index (χ1) is 10.3. The molecule has 2 aromatic rings. The molecular formula is C17H18BrNO2. The van der Waals surface area contributed by atoms with E-state index in [0.717, 1.165) is 22.5 Å². The molecule has 0 aliphatic carbocycles. The Morgan fingerprint density at radius 3 is 2.57 bits per heavy atom. The summed E-state index contributed by atoms with van der Waals surface area (Å²) in [5, 5.41) is 3.53. The van der Waals surface area contributed by atoms with Crippen molar-refractivity contribution in [1.82, 2.24) is 5.32 Å². The maximum Gasteiger partial charge on any atom is 0.161 e. The van der Waals surface area contributed by atoms with Gasteiger partial charge in [-0.1, -0.05) is 41.1 Å². The van der Waals surface area contributed by atoms with Gasteiger partial charge in [-0.25, -0.2) is 0 Å². The van der Waals surface area contributed by atoms with E-state index in [1.807, 2.05) is 12.1 Å². The summed E-state index contributed by atoms with van der Waals surface area (Å²) in [6.07, 6.45) is 0. The van der Waals surface area contributed by atoms with Crippen LogP contribution in [0.25, 0.3) is 0 Å². The average molecular weight is 348 g/mol. The molecule has 1 heterocycles. The molecule has 0 amide bonds. The van der Waals surface area contributed by atoms with Crippen LogP contribution in [0.2, 0.25) is 0 Å². The minimum atomic E-state index is 0.142. The van der Waals surface area contributed by atoms with Crippen molar-refractivity contribution >= 4 is 15.9 Å². The van der Waals surface area contributed by atoms with Crippen molar-refractivity contribution in [2.45, 2.75) is 13.0 Å². The van der Waals surface area contributed by atoms with Gasteiger partial charge in [0, 0.05) is 4.47 Å². The molecule has 1 N–H and O–H groups in total. The number of halogens is 1. The fourth-order valence-electron chi connectivity index (χ4n) is 2.56. The molecule has 0 radical (unpaired) electrons. The maximum absolute atomic E-state index is 5.69. The monoisotopic (exact) mass is 347 g/mol. The summed E-state index contributed by atoms with van der Waals surface area (Å²) in [6, 6.07) is 14.7. The first-order valence-corrected chi connectivity index (χ1v) is 7.95. The number of benzene rings is 2. The fourth-order valence-corrected chi connectivity index (χ4v) is 2.97. The van der Waals surface area contributed by atoms with Gasteiger partial charge >= 0.3 is 0 Å². The standard InChI is InChI=1S/C17H18BrNO2/c1-2-19-17(12-4-3-5-14(18)10-12)13-6-7-15-16(11-13)21-9-8-20-15/h3-7,10-11,17,19H,2,8-9H2,1H3. The molecule has 0 spiro atoms. The summed E-state index contributed by atoms with van der Waals surface area (Å²) in [5.74, 6) is 1.66. The normalized spacial score (nSPS) is 14.8. The minimum Gasteiger partial charge on any atom is -0.486 e. The van der Waals surface area contributed by atoms with Gasteiger partial charge in [0.2, 0.25) is 0 Å². The van der Waals surface area contributed by atoms with Crippen molar-refractivity contribution in [3.63, 3.8) is 0 Å². The molecule has 2 aromatic carbocycles. The highest BCUT2D eigenvalue weighted by Gasteiger charge is 2.18. The van der Waals surface area contributed by atoms with Crippen molar-refractivity contribution in [2.24, 2.45) is 0 Å². The molecule has 4 heteroatoms. The van der Waals surface area contributed by atoms with E-state index < -0.39 is 0 Å². The second-order valence-electron chi connectivity index (χ2n) is 4.95. The van der Waals surface area contributed by atoms with Crippen LogP contribution in [0, 0.1) is 0 Å². The maximum atomic E-state index is 5.69. The van der Waals surface area contributed by atoms with E-state index in [-0.39, 0.29) is 6.04 Å². The molecule has 21 heavy (non-hydrogen) atoms. The van der Waals surface area contributed by atoms with Gasteiger partial charge in [0.1, 0.15) is 13.2 Å². The van der Waals surface area contributed by atoms with Crippen LogP contribution in [0.5, 0.6) is 11.5 Å². The second kappa shape index (κ2) is 6.50. The van der Waals surface area contributed by atoms with E-state index in [1.54, 1.807) is 0 Å². The Hall–Kier alpha value is -1.52. The Labute approximate surface area is 133 Å². The van der Waals surface area contributed by atoms with Crippen molar-refractivity contribution in [3.05, 3.63) is 58.1 Å². The van der Waals surface area contributed by atoms with Gasteiger partial charge in [0.05, 0.1) is 6.04 Å². The lowest BCUT2D eigenvalue weighted by molar-refractivity contribution is 0.171. The van der Waals surface area contributed by atoms with Crippen molar-refractivity contribution < 1.29 is 9.47 Å². The molecule has 0 saturated heterocycles. The van der Waals surface area contributed by atoms with E-state index in [0.29, 0.717) is 13.2 Å². The third-order valence-electron chi connectivity index (χ3n) is 3.49. The molecular weight excluding hydrogens is 330 g/mol. The number of fused-ring (bicyclic) bond motifs is 1. The Kier molecular flexibility index (Phi) is 4.46. The van der Waals surface area contributed by atoms with E-state index >= 15 is 0 Å². The Bertz CT molecular complexity index is 630. The van der Waals surface area contributed by atoms with Crippen LogP contribution in [-0.4, -0.2) is 19.8 Å². The zero-order chi connectivity index (χ0) is 14.7. The van der Waals surface area contributed by atoms with Gasteiger partial charge < -0.3 is 14.8 Å². The van der Waals surface area contributed by atoms with Gasteiger partial charge in [-0.2, -0.15) is 0 Å². The third-order valence-corrected chi connectivity index (χ3v) is 3.98. The van der Waals surface area contributed by atoms with Gasteiger partial charge in [-0.3, -0.25) is 0 Å². The summed E-state index contributed by atoms with van der Waals surface area (Å²) in [6.45, 7) is 4.24. The molecule has 1 atom stereocenters. The highest BCUT2D eigenvalue weighted by molar-refractivity contribution is 9.10. The quantitative estimate of drug-likeness (QED) is 0.909. The van der Waals surface area contributed by atoms with Crippen LogP contribution >= 0.6 is 15.9 Å². The Balaban J connectivity index is 1.97. The van der Waals surface area contributed by atoms with E-state index in [4.69, 9.17) is 9.47 Å². The molecule has 1 aliphatic rings. The number of rotatable bonds is 4. The number of nitrogens with one attached hydrogen (secondary N) is 1. The summed E-state index contributed by atoms with van der Waals surface area (Å²) in [5.41, 5.74) is 2.40. The molecule has 0 saturated carbocycles. The summed E-state index contributed by atoms with van der Waals surface area (Å²) < 4.78 is 12.4. The van der Waals surface area contributed by atoms with Crippen molar-refractivity contribution in [2.75, 3.05) is 19.8 Å². The van der Waals surface area contributed by atoms with E-state index in [1.165, 1.54) is 11.1 Å². The van der Waals surface area contributed by atoms with E-state index in [2.05, 4.69) is 58.5 Å². The molecule has 0 bridgehead atoms. The van der Waals surface area contributed by atoms with Crippen LogP contribution in [0.1, 0.15) is 24.1 Å². The number of hydrogen-bond acceptors (Lipinski definition) is 3. The molecule has 3 rings (SSSR count). The average Bonchev–Trinajstić information content (AvgIpc) is 2.52. The number of ether oxygens (including phenoxy) is 2. The molecule has 1 aliphatic heterocycles. The lowest BCUT2D eigenvalue weighted by Crippen LogP contribution is -2.22. The molecule has 0 fully saturated rings. The van der Waals surface area contributed by atoms with Gasteiger partial charge in [0.25, 0.3) is 0 Å². The van der Waals surface area contributed by atoms with Gasteiger partial charge in [-0.05, 0) is 41.9 Å². The number of hydrogen-bond donors (Lipinski definition) is 1. The fraction of sp³-hybridized carbons (Fsp3) is 0.294. The van der Waals surface area contributed by atoms with Crippen LogP contribution in [-0.2, 0) is 0 Å². The smallest absolute Gasteiger partial charge is 0.161 e. The zero-order valence-corrected chi connectivity index (χ0v) is 13.5. The lowest BCUT2D eigenvalue weighted by Gasteiger charge is -2.23. The van der Waals surface area contributed by atoms with Crippen LogP contribution < -0.4 is 14.8 Å². The van der Waals surface area contributed by atoms with Crippen molar-refractivity contribution in [1.29, 1.82) is 0 Å². The second-order valence-corrected chi connectivity index (χ2v) is 5.86. The van der Waals surface area contributed by atoms with Crippen LogP contribution in [0.3, 0.4) is 0 Å². The van der Waals surface area contributed by atoms with Gasteiger partial charge in [0.15, 0.2) is 11.5 Å². The molecule has 3 nitrogen and oxygen atoms in total. The zero-order valence-electron chi connectivity index (χ0n) is 11.9. The Morgan fingerprint density at radius 1 is 1.05 bits per heavy atom. The van der Waals surface area contributed by atoms with Gasteiger partial charge in [-0.15, -0.1) is 0 Å². The predicted octanol–water partition coefficient (Wildman–Crippen LogP) is 3.92. The SMILES string of the molecule is CCNC(c1cccc(Br)c1)c1ccc2c(c1)OCCO2. The minimum absolute atomic E-state index is 0.142. The van der Waals surface area contributed by atoms with Crippen molar-refractivity contribution in [3.8, 4) is 11.5 Å². The first kappa shape index (κ1) is 14.4. The molecule has 1 unspecified atom stereocenters. The highest BCUT2D eigenvalue weighted by Crippen LogP contribution is 2.34. The lowest BCUT2D eigenvalue weighted by atomic mass is 9.98. The first-order valence-electron chi connectivity index (χ1n) is 7.16. The summed E-state index contributed by atoms with van der Waals surface area (Å²) in [4.78, 5) is 0. The third kappa shape index (κ3) is 3.22. The van der Waals surface area contributed by atoms with E-state index in [9.17, 15) is 0 Å². The summed E-state index contributed by atoms with van der Waals surface area (Å²) >= 11 is 3.54. The predicted molar refractivity (Wildman–Crippen MR) is 87.1 cm³/mol. The van der Waals surface area contributed by atoms with Crippen LogP contribution in [0.4, 0.5) is 0 Å². The largest absolute Gasteiger partial charge is 0.486 e. The highest BCUT2D eigenvalue weighted by atomic mass is 79.9. The topological polar surface area (TPSA) is 30.5 Å².